The summed E-state index contributed by atoms with van der Waals surface area (Å²) in [6.45, 7) is 4.57. The van der Waals surface area contributed by atoms with Crippen molar-refractivity contribution in [2.75, 3.05) is 7.11 Å². The number of ketones is 1. The van der Waals surface area contributed by atoms with Crippen LogP contribution in [0.3, 0.4) is 0 Å². The molecule has 0 bridgehead atoms. The van der Waals surface area contributed by atoms with Gasteiger partial charge < -0.3 is 18.6 Å². The van der Waals surface area contributed by atoms with E-state index in [4.69, 9.17) is 14.2 Å². The SMILES string of the molecule is COC(=O)[C@@H]1C[C@H](OC(C)=O)C(=O)[C@H]2[C@@]1(C)CC[C@H]1C(=O)O[C@H](c3ccoc3C(F)(F)F)C[C@]21C. The number of hydrogen-bond donors (Lipinski definition) is 0. The average molecular weight is 500 g/mol. The van der Waals surface area contributed by atoms with E-state index in [2.05, 4.69) is 4.42 Å². The highest BCUT2D eigenvalue weighted by atomic mass is 19.4. The van der Waals surface area contributed by atoms with Crippen molar-refractivity contribution < 1.29 is 51.0 Å². The van der Waals surface area contributed by atoms with Gasteiger partial charge in [0, 0.05) is 24.8 Å². The fourth-order valence-corrected chi connectivity index (χ4v) is 6.80. The van der Waals surface area contributed by atoms with Crippen molar-refractivity contribution in [3.05, 3.63) is 23.7 Å². The first-order chi connectivity index (χ1) is 16.2. The molecule has 192 valence electrons. The number of alkyl halides is 3. The fraction of sp³-hybridized carbons (Fsp3) is 0.667. The van der Waals surface area contributed by atoms with E-state index in [-0.39, 0.29) is 24.8 Å². The predicted octanol–water partition coefficient (Wildman–Crippen LogP) is 4.02. The lowest BCUT2D eigenvalue weighted by molar-refractivity contribution is -0.211. The van der Waals surface area contributed by atoms with Crippen LogP contribution < -0.4 is 0 Å². The summed E-state index contributed by atoms with van der Waals surface area (Å²) in [6, 6.07) is 1.11. The first-order valence-corrected chi connectivity index (χ1v) is 11.4. The summed E-state index contributed by atoms with van der Waals surface area (Å²) in [7, 11) is 1.22. The number of fused-ring (bicyclic) bond motifs is 3. The van der Waals surface area contributed by atoms with Crippen molar-refractivity contribution in [1.29, 1.82) is 0 Å². The van der Waals surface area contributed by atoms with Crippen LogP contribution in [0.4, 0.5) is 13.2 Å². The third kappa shape index (κ3) is 3.92. The Kier molecular flexibility index (Phi) is 6.04. The molecule has 8 nitrogen and oxygen atoms in total. The van der Waals surface area contributed by atoms with Gasteiger partial charge in [0.15, 0.2) is 11.9 Å². The molecule has 1 aliphatic heterocycles. The monoisotopic (exact) mass is 500 g/mol. The maximum atomic E-state index is 13.8. The van der Waals surface area contributed by atoms with Crippen LogP contribution in [0.1, 0.15) is 63.9 Å². The van der Waals surface area contributed by atoms with Crippen LogP contribution >= 0.6 is 0 Å². The molecule has 11 heteroatoms. The molecule has 1 aromatic heterocycles. The van der Waals surface area contributed by atoms with E-state index in [1.807, 2.05) is 0 Å². The Morgan fingerprint density at radius 2 is 1.86 bits per heavy atom. The van der Waals surface area contributed by atoms with Gasteiger partial charge in [0.1, 0.15) is 6.10 Å². The van der Waals surface area contributed by atoms with E-state index in [0.717, 1.165) is 19.3 Å². The van der Waals surface area contributed by atoms with Gasteiger partial charge in [0.2, 0.25) is 5.76 Å². The number of Topliss-reactive ketones (excluding diaryl/α,β-unsaturated/α-hetero) is 1. The lowest BCUT2D eigenvalue weighted by atomic mass is 9.43. The lowest BCUT2D eigenvalue weighted by Gasteiger charge is -2.61. The molecule has 1 aromatic rings. The minimum Gasteiger partial charge on any atom is -0.469 e. The quantitative estimate of drug-likeness (QED) is 0.452. The smallest absolute Gasteiger partial charge is 0.449 e. The van der Waals surface area contributed by atoms with Gasteiger partial charge >= 0.3 is 24.1 Å². The number of rotatable bonds is 3. The molecule has 0 amide bonds. The van der Waals surface area contributed by atoms with Gasteiger partial charge in [-0.1, -0.05) is 13.8 Å². The number of ether oxygens (including phenoxy) is 3. The summed E-state index contributed by atoms with van der Waals surface area (Å²) < 4.78 is 60.9. The molecule has 0 radical (unpaired) electrons. The summed E-state index contributed by atoms with van der Waals surface area (Å²) in [4.78, 5) is 51.4. The molecular formula is C24H27F3O8. The highest BCUT2D eigenvalue weighted by Crippen LogP contribution is 2.65. The highest BCUT2D eigenvalue weighted by molar-refractivity contribution is 5.93. The third-order valence-electron chi connectivity index (χ3n) is 8.20. The number of carbonyl (C=O) groups excluding carboxylic acids is 4. The van der Waals surface area contributed by atoms with Gasteiger partial charge in [-0.05, 0) is 36.2 Å². The minimum absolute atomic E-state index is 0.0628. The zero-order chi connectivity index (χ0) is 25.9. The van der Waals surface area contributed by atoms with E-state index < -0.39 is 76.4 Å². The standard InChI is InChI=1S/C24H27F3O8/c1-11(28)34-15-9-14(20(30)32-4)22(2)7-5-13-21(31)35-16(10-23(13,3)18(22)17(15)29)12-6-8-33-19(12)24(25,26)27/h6,8,13-16,18H,5,7,9-10H2,1-4H3/t13-,14-,15-,16-,18-,22-,23-/m0/s1. The Labute approximate surface area is 199 Å². The maximum absolute atomic E-state index is 13.8. The summed E-state index contributed by atoms with van der Waals surface area (Å²) >= 11 is 0. The van der Waals surface area contributed by atoms with Crippen LogP contribution in [0.5, 0.6) is 0 Å². The number of halogens is 3. The van der Waals surface area contributed by atoms with Crippen molar-refractivity contribution in [3.8, 4) is 0 Å². The number of carbonyl (C=O) groups is 4. The van der Waals surface area contributed by atoms with Crippen LogP contribution in [-0.2, 0) is 39.6 Å². The predicted molar refractivity (Wildman–Crippen MR) is 110 cm³/mol. The van der Waals surface area contributed by atoms with Crippen LogP contribution in [0.15, 0.2) is 16.7 Å². The van der Waals surface area contributed by atoms with Crippen molar-refractivity contribution in [3.63, 3.8) is 0 Å². The normalized spacial score (nSPS) is 37.1. The molecule has 0 spiro atoms. The van der Waals surface area contributed by atoms with Crippen molar-refractivity contribution in [2.45, 2.75) is 64.8 Å². The molecule has 2 saturated carbocycles. The van der Waals surface area contributed by atoms with Gasteiger partial charge in [-0.3, -0.25) is 19.2 Å². The summed E-state index contributed by atoms with van der Waals surface area (Å²) in [5, 5.41) is 0. The van der Waals surface area contributed by atoms with Crippen molar-refractivity contribution >= 4 is 23.7 Å². The third-order valence-corrected chi connectivity index (χ3v) is 8.20. The minimum atomic E-state index is -4.80. The van der Waals surface area contributed by atoms with Crippen molar-refractivity contribution in [2.24, 2.45) is 28.6 Å². The summed E-state index contributed by atoms with van der Waals surface area (Å²) in [5.74, 6) is -6.27. The van der Waals surface area contributed by atoms with Gasteiger partial charge in [0.05, 0.1) is 25.2 Å². The largest absolute Gasteiger partial charge is 0.469 e. The molecule has 3 aliphatic rings. The van der Waals surface area contributed by atoms with Gasteiger partial charge in [-0.15, -0.1) is 0 Å². The molecule has 4 rings (SSSR count). The Hall–Kier alpha value is -2.85. The summed E-state index contributed by atoms with van der Waals surface area (Å²) in [5.41, 5.74) is -2.46. The molecule has 1 saturated heterocycles. The van der Waals surface area contributed by atoms with Gasteiger partial charge in [-0.25, -0.2) is 0 Å². The van der Waals surface area contributed by atoms with Crippen LogP contribution in [0, 0.1) is 28.6 Å². The van der Waals surface area contributed by atoms with Gasteiger partial charge in [0.25, 0.3) is 0 Å². The van der Waals surface area contributed by atoms with Gasteiger partial charge in [-0.2, -0.15) is 13.2 Å². The Balaban J connectivity index is 1.81. The average Bonchev–Trinajstić information content (AvgIpc) is 3.24. The maximum Gasteiger partial charge on any atom is 0.449 e. The zero-order valence-corrected chi connectivity index (χ0v) is 19.8. The van der Waals surface area contributed by atoms with Crippen LogP contribution in [0.25, 0.3) is 0 Å². The Bertz CT molecular complexity index is 1060. The number of esters is 3. The molecule has 2 aliphatic carbocycles. The second-order valence-corrected chi connectivity index (χ2v) is 10.2. The second kappa shape index (κ2) is 8.37. The number of methoxy groups -OCH3 is 1. The van der Waals surface area contributed by atoms with E-state index in [0.29, 0.717) is 6.42 Å². The number of furan rings is 1. The first kappa shape index (κ1) is 25.2. The molecule has 7 atom stereocenters. The zero-order valence-electron chi connectivity index (χ0n) is 19.8. The molecule has 2 heterocycles. The van der Waals surface area contributed by atoms with E-state index >= 15 is 0 Å². The van der Waals surface area contributed by atoms with Crippen LogP contribution in [-0.4, -0.2) is 36.9 Å². The molecule has 0 aromatic carbocycles. The molecular weight excluding hydrogens is 473 g/mol. The Morgan fingerprint density at radius 1 is 1.17 bits per heavy atom. The van der Waals surface area contributed by atoms with E-state index in [1.165, 1.54) is 7.11 Å². The fourth-order valence-electron chi connectivity index (χ4n) is 6.80. The lowest BCUT2D eigenvalue weighted by Crippen LogP contribution is -2.64. The topological polar surface area (TPSA) is 109 Å². The van der Waals surface area contributed by atoms with E-state index in [1.54, 1.807) is 13.8 Å². The summed E-state index contributed by atoms with van der Waals surface area (Å²) in [6.07, 6.45) is -6.03. The first-order valence-electron chi connectivity index (χ1n) is 11.4. The highest BCUT2D eigenvalue weighted by Gasteiger charge is 2.68. The number of hydrogen-bond acceptors (Lipinski definition) is 8. The number of cyclic esters (lactones) is 1. The second-order valence-electron chi connectivity index (χ2n) is 10.2. The molecule has 0 unspecified atom stereocenters. The molecule has 0 N–H and O–H groups in total. The molecule has 35 heavy (non-hydrogen) atoms. The van der Waals surface area contributed by atoms with Crippen LogP contribution in [0.2, 0.25) is 0 Å². The van der Waals surface area contributed by atoms with E-state index in [9.17, 15) is 32.3 Å². The molecule has 3 fully saturated rings. The van der Waals surface area contributed by atoms with Crippen molar-refractivity contribution in [1.82, 2.24) is 0 Å². The Morgan fingerprint density at radius 3 is 2.46 bits per heavy atom.